The summed E-state index contributed by atoms with van der Waals surface area (Å²) in [4.78, 5) is 0. The van der Waals surface area contributed by atoms with E-state index in [4.69, 9.17) is 0 Å². The second-order valence-corrected chi connectivity index (χ2v) is 0. The van der Waals surface area contributed by atoms with E-state index in [2.05, 4.69) is 0 Å². The molecule has 12 heteroatoms. The van der Waals surface area contributed by atoms with E-state index in [1.54, 1.807) is 0 Å². The van der Waals surface area contributed by atoms with Crippen LogP contribution in [0.1, 0.15) is 2.85 Å². The molecule has 0 saturated heterocycles. The van der Waals surface area contributed by atoms with E-state index in [-0.39, 0.29) is 156 Å². The van der Waals surface area contributed by atoms with Crippen LogP contribution in [0.15, 0.2) is 0 Å². The molecule has 0 aromatic heterocycles. The summed E-state index contributed by atoms with van der Waals surface area (Å²) in [6, 6.07) is 0. The van der Waals surface area contributed by atoms with Crippen LogP contribution < -0.4 is 0 Å². The van der Waals surface area contributed by atoms with Gasteiger partial charge in [-0.15, -0.1) is 0 Å². The van der Waals surface area contributed by atoms with Gasteiger partial charge in [0.15, 0.2) is 17.4 Å². The molecule has 0 atom stereocenters. The molecule has 8 nitrogen and oxygen atoms in total. The molecule has 16 N–H and O–H groups in total. The Labute approximate surface area is 154 Å². The van der Waals surface area contributed by atoms with Crippen LogP contribution in [-0.4, -0.2) is 110 Å². The van der Waals surface area contributed by atoms with Gasteiger partial charge in [-0.3, -0.25) is 0 Å². The van der Waals surface area contributed by atoms with Crippen LogP contribution in [0.25, 0.3) is 0 Å². The Morgan fingerprint density at radius 2 is 0.417 bits per heavy atom. The normalized spacial score (nSPS) is 0. The predicted octanol–water partition coefficient (Wildman–Crippen LogP) is -7.94. The van der Waals surface area contributed by atoms with Crippen LogP contribution in [0.5, 0.6) is 0 Å². The molecule has 0 radical (unpaired) electrons. The molecule has 0 aliphatic rings. The minimum atomic E-state index is 0. The standard InChI is InChI=1S/Al.Ba.8H2O.2Ti.5H/h;;8*1H2;;;;;;;/q;+2;;;;;;;;;;;;;;2*-1. The van der Waals surface area contributed by atoms with Crippen LogP contribution in [0, 0.1) is 0 Å². The molecular formula is H21AlBaO8Ti2. The first-order valence-corrected chi connectivity index (χ1v) is 0. The van der Waals surface area contributed by atoms with Crippen molar-refractivity contribution in [3.05, 3.63) is 0 Å². The molecule has 0 aromatic carbocycles. The van der Waals surface area contributed by atoms with Gasteiger partial charge >= 0.3 is 48.9 Å². The fourth-order valence-corrected chi connectivity index (χ4v) is 0. The van der Waals surface area contributed by atoms with Crippen LogP contribution in [0.2, 0.25) is 0 Å². The Morgan fingerprint density at radius 1 is 0.417 bits per heavy atom. The summed E-state index contributed by atoms with van der Waals surface area (Å²) in [6.45, 7) is 0. The fraction of sp³-hybridized carbons (Fsp3) is 0. The molecule has 0 rings (SSSR count). The second kappa shape index (κ2) is 240. The molecule has 0 saturated carbocycles. The molecule has 12 heavy (non-hydrogen) atoms. The molecule has 0 aromatic rings. The van der Waals surface area contributed by atoms with Crippen molar-refractivity contribution in [1.29, 1.82) is 0 Å². The van der Waals surface area contributed by atoms with Gasteiger partial charge in [0, 0.05) is 43.4 Å². The predicted molar refractivity (Wildman–Crippen MR) is 46.8 cm³/mol. The Kier molecular flexibility index (Phi) is 5970. The van der Waals surface area contributed by atoms with E-state index >= 15 is 0 Å². The zero-order valence-electron chi connectivity index (χ0n) is 7.71. The van der Waals surface area contributed by atoms with Crippen LogP contribution in [-0.2, 0) is 43.4 Å². The molecule has 0 amide bonds. The average Bonchev–Trinajstić information content (AvgIpc) is 0. The molecule has 0 fully saturated rings. The van der Waals surface area contributed by atoms with Gasteiger partial charge in [-0.05, 0) is 0 Å². The molecule has 82 valence electrons. The van der Waals surface area contributed by atoms with Gasteiger partial charge in [0.25, 0.3) is 0 Å². The van der Waals surface area contributed by atoms with Gasteiger partial charge in [0.05, 0.1) is 0 Å². The summed E-state index contributed by atoms with van der Waals surface area (Å²) in [5.41, 5.74) is 0. The van der Waals surface area contributed by atoms with Gasteiger partial charge in [-0.25, -0.2) is 0 Å². The third kappa shape index (κ3) is 191. The third-order valence-electron chi connectivity index (χ3n) is 0. The first-order chi connectivity index (χ1) is 0. The Hall–Kier alpha value is 3.21. The van der Waals surface area contributed by atoms with Crippen LogP contribution in [0.4, 0.5) is 0 Å². The van der Waals surface area contributed by atoms with E-state index in [1.807, 2.05) is 0 Å². The average molecular weight is 409 g/mol. The fourth-order valence-electron chi connectivity index (χ4n) is 0. The van der Waals surface area contributed by atoms with E-state index in [1.165, 1.54) is 0 Å². The quantitative estimate of drug-likeness (QED) is 0.338. The summed E-state index contributed by atoms with van der Waals surface area (Å²) in [6.07, 6.45) is 0. The van der Waals surface area contributed by atoms with Gasteiger partial charge in [-0.1, -0.05) is 0 Å². The molecule has 0 bridgehead atoms. The van der Waals surface area contributed by atoms with E-state index < -0.39 is 0 Å². The largest absolute Gasteiger partial charge is 2.00 e. The molecule has 0 spiro atoms. The maximum absolute atomic E-state index is 0. The third-order valence-corrected chi connectivity index (χ3v) is 0. The van der Waals surface area contributed by atoms with Crippen molar-refractivity contribution in [2.45, 2.75) is 0 Å². The number of rotatable bonds is 0. The number of hydrogen-bond donors (Lipinski definition) is 0. The SMILES string of the molecule is O.O.O.O.O.O.O.O.[AlH3].[Ba+2].[H-].[H-].[Ti].[Ti]. The monoisotopic (exact) mass is 410 g/mol. The van der Waals surface area contributed by atoms with Gasteiger partial charge in [0.2, 0.25) is 0 Å². The summed E-state index contributed by atoms with van der Waals surface area (Å²) < 4.78 is 0. The molecule has 0 heterocycles. The maximum atomic E-state index is 0. The first-order valence-electron chi connectivity index (χ1n) is 0. The van der Waals surface area contributed by atoms with Crippen LogP contribution in [0.3, 0.4) is 0 Å². The van der Waals surface area contributed by atoms with Gasteiger partial charge < -0.3 is 46.7 Å². The second-order valence-electron chi connectivity index (χ2n) is 0. The molecule has 0 unspecified atom stereocenters. The van der Waals surface area contributed by atoms with E-state index in [0.29, 0.717) is 0 Å². The van der Waals surface area contributed by atoms with Crippen molar-refractivity contribution in [1.82, 2.24) is 0 Å². The van der Waals surface area contributed by atoms with Crippen molar-refractivity contribution in [3.63, 3.8) is 0 Å². The van der Waals surface area contributed by atoms with Gasteiger partial charge in [0.1, 0.15) is 0 Å². The van der Waals surface area contributed by atoms with Crippen molar-refractivity contribution in [2.24, 2.45) is 0 Å². The molecule has 0 aliphatic carbocycles. The Morgan fingerprint density at radius 3 is 0.417 bits per heavy atom. The van der Waals surface area contributed by atoms with E-state index in [0.717, 1.165) is 0 Å². The molecule has 0 aliphatic heterocycles. The van der Waals surface area contributed by atoms with Crippen LogP contribution >= 0.6 is 0 Å². The summed E-state index contributed by atoms with van der Waals surface area (Å²) in [7, 11) is 0. The zero-order valence-corrected chi connectivity index (χ0v) is 13.3. The topological polar surface area (TPSA) is 252 Å². The van der Waals surface area contributed by atoms with Crippen molar-refractivity contribution >= 4 is 66.2 Å². The molecular weight excluding hydrogens is 388 g/mol. The Bertz CT molecular complexity index is 25.3. The minimum absolute atomic E-state index is 0. The van der Waals surface area contributed by atoms with Gasteiger partial charge in [-0.2, -0.15) is 0 Å². The number of hydrogen-bond acceptors (Lipinski definition) is 0. The summed E-state index contributed by atoms with van der Waals surface area (Å²) >= 11 is 0. The zero-order chi connectivity index (χ0) is 0. The van der Waals surface area contributed by atoms with Crippen molar-refractivity contribution in [3.8, 4) is 0 Å². The minimum Gasteiger partial charge on any atom is -1.00 e. The van der Waals surface area contributed by atoms with Crippen molar-refractivity contribution < 1.29 is 90.1 Å². The Balaban J connectivity index is 0. The van der Waals surface area contributed by atoms with Crippen molar-refractivity contribution in [2.75, 3.05) is 0 Å². The summed E-state index contributed by atoms with van der Waals surface area (Å²) in [5, 5.41) is 0. The van der Waals surface area contributed by atoms with E-state index in [9.17, 15) is 0 Å². The smallest absolute Gasteiger partial charge is 1.00 e. The first kappa shape index (κ1) is 298. The maximum Gasteiger partial charge on any atom is 2.00 e. The summed E-state index contributed by atoms with van der Waals surface area (Å²) in [5.74, 6) is 0.